The van der Waals surface area contributed by atoms with Crippen molar-refractivity contribution in [1.29, 1.82) is 0 Å². The molecular formula is C14H20N2O3S. The van der Waals surface area contributed by atoms with Gasteiger partial charge in [0.25, 0.3) is 0 Å². The smallest absolute Gasteiger partial charge is 0.341 e. The normalized spacial score (nSPS) is 17.5. The Kier molecular flexibility index (Phi) is 4.77. The first kappa shape index (κ1) is 15.0. The van der Waals surface area contributed by atoms with Crippen LogP contribution in [-0.2, 0) is 9.53 Å². The largest absolute Gasteiger partial charge is 0.462 e. The Bertz CT molecular complexity index is 492. The van der Waals surface area contributed by atoms with Crippen LogP contribution in [0.5, 0.6) is 0 Å². The lowest BCUT2D eigenvalue weighted by Gasteiger charge is -2.31. The molecule has 0 aromatic carbocycles. The number of carbonyl (C=O) groups is 2. The molecule has 0 radical (unpaired) electrons. The Morgan fingerprint density at radius 2 is 2.10 bits per heavy atom. The lowest BCUT2D eigenvalue weighted by atomic mass is 9.82. The quantitative estimate of drug-likeness (QED) is 0.837. The molecule has 3 N–H and O–H groups in total. The number of hydrogen-bond acceptors (Lipinski definition) is 5. The van der Waals surface area contributed by atoms with E-state index in [2.05, 4.69) is 5.32 Å². The third kappa shape index (κ3) is 3.19. The number of esters is 1. The van der Waals surface area contributed by atoms with E-state index >= 15 is 0 Å². The van der Waals surface area contributed by atoms with Gasteiger partial charge in [-0.2, -0.15) is 0 Å². The molecule has 0 aliphatic heterocycles. The maximum Gasteiger partial charge on any atom is 0.341 e. The molecule has 2 rings (SSSR count). The molecule has 1 aromatic heterocycles. The topological polar surface area (TPSA) is 81.4 Å². The fourth-order valence-electron chi connectivity index (χ4n) is 2.41. The average molecular weight is 296 g/mol. The minimum absolute atomic E-state index is 0.204. The highest BCUT2D eigenvalue weighted by Crippen LogP contribution is 2.30. The molecule has 5 nitrogen and oxygen atoms in total. The van der Waals surface area contributed by atoms with Gasteiger partial charge in [-0.3, -0.25) is 4.79 Å². The van der Waals surface area contributed by atoms with Gasteiger partial charge in [0.2, 0.25) is 5.91 Å². The number of thiophene rings is 1. The molecule has 1 aromatic rings. The van der Waals surface area contributed by atoms with Gasteiger partial charge in [-0.05, 0) is 31.2 Å². The fourth-order valence-corrected chi connectivity index (χ4v) is 3.18. The first-order valence-corrected chi connectivity index (χ1v) is 7.80. The summed E-state index contributed by atoms with van der Waals surface area (Å²) < 4.78 is 4.96. The summed E-state index contributed by atoms with van der Waals surface area (Å²) in [6.45, 7) is 2.06. The lowest BCUT2D eigenvalue weighted by molar-refractivity contribution is -0.122. The number of ether oxygens (including phenoxy) is 1. The lowest BCUT2D eigenvalue weighted by Crippen LogP contribution is -2.52. The van der Waals surface area contributed by atoms with Gasteiger partial charge in [0.15, 0.2) is 0 Å². The number of amides is 1. The molecule has 0 spiro atoms. The van der Waals surface area contributed by atoms with Crippen LogP contribution in [-0.4, -0.2) is 24.0 Å². The van der Waals surface area contributed by atoms with Gasteiger partial charge >= 0.3 is 5.97 Å². The number of anilines is 1. The van der Waals surface area contributed by atoms with E-state index in [1.165, 1.54) is 11.3 Å². The summed E-state index contributed by atoms with van der Waals surface area (Å²) in [5, 5.41) is 5.07. The van der Waals surface area contributed by atoms with Crippen molar-refractivity contribution in [3.63, 3.8) is 0 Å². The second-order valence-corrected chi connectivity index (χ2v) is 5.97. The summed E-state index contributed by atoms with van der Waals surface area (Å²) in [4.78, 5) is 24.1. The van der Waals surface area contributed by atoms with Gasteiger partial charge in [0.05, 0.1) is 17.7 Å². The summed E-state index contributed by atoms with van der Waals surface area (Å²) >= 11 is 1.31. The second-order valence-electron chi connectivity index (χ2n) is 5.05. The molecule has 0 atom stereocenters. The van der Waals surface area contributed by atoms with Crippen molar-refractivity contribution in [2.45, 2.75) is 44.6 Å². The monoisotopic (exact) mass is 296 g/mol. The van der Waals surface area contributed by atoms with Crippen LogP contribution in [0.1, 0.15) is 49.4 Å². The molecular weight excluding hydrogens is 276 g/mol. The second kappa shape index (κ2) is 6.37. The Hall–Kier alpha value is -1.40. The highest BCUT2D eigenvalue weighted by atomic mass is 32.1. The maximum absolute atomic E-state index is 12.3. The van der Waals surface area contributed by atoms with E-state index < -0.39 is 11.5 Å². The Morgan fingerprint density at radius 1 is 1.40 bits per heavy atom. The van der Waals surface area contributed by atoms with Crippen LogP contribution in [0.25, 0.3) is 0 Å². The minimum Gasteiger partial charge on any atom is -0.462 e. The number of rotatable bonds is 4. The van der Waals surface area contributed by atoms with Crippen LogP contribution in [0.4, 0.5) is 5.00 Å². The van der Waals surface area contributed by atoms with Gasteiger partial charge in [0.1, 0.15) is 5.00 Å². The van der Waals surface area contributed by atoms with Crippen molar-refractivity contribution in [1.82, 2.24) is 0 Å². The molecule has 6 heteroatoms. The standard InChI is InChI=1S/C14H20N2O3S/c1-2-19-12(17)10-6-9-20-11(10)16-13(18)14(15)7-4-3-5-8-14/h6,9H,2-5,7-8,15H2,1H3,(H,16,18). The Labute approximate surface area is 122 Å². The molecule has 1 saturated carbocycles. The fraction of sp³-hybridized carbons (Fsp3) is 0.571. The van der Waals surface area contributed by atoms with E-state index in [4.69, 9.17) is 10.5 Å². The molecule has 20 heavy (non-hydrogen) atoms. The number of hydrogen-bond donors (Lipinski definition) is 2. The number of nitrogens with two attached hydrogens (primary N) is 1. The highest BCUT2D eigenvalue weighted by Gasteiger charge is 2.36. The van der Waals surface area contributed by atoms with Gasteiger partial charge in [-0.25, -0.2) is 4.79 Å². The molecule has 1 aliphatic rings. The van der Waals surface area contributed by atoms with E-state index in [0.29, 0.717) is 30.0 Å². The molecule has 0 bridgehead atoms. The van der Waals surface area contributed by atoms with E-state index in [-0.39, 0.29) is 5.91 Å². The van der Waals surface area contributed by atoms with Gasteiger partial charge in [-0.1, -0.05) is 19.3 Å². The highest BCUT2D eigenvalue weighted by molar-refractivity contribution is 7.14. The van der Waals surface area contributed by atoms with Crippen molar-refractivity contribution < 1.29 is 14.3 Å². The van der Waals surface area contributed by atoms with E-state index in [0.717, 1.165) is 19.3 Å². The molecule has 1 aliphatic carbocycles. The minimum atomic E-state index is -0.811. The SMILES string of the molecule is CCOC(=O)c1ccsc1NC(=O)C1(N)CCCCC1. The zero-order valence-corrected chi connectivity index (χ0v) is 12.4. The first-order chi connectivity index (χ1) is 9.57. The molecule has 1 heterocycles. The van der Waals surface area contributed by atoms with Crippen molar-refractivity contribution in [3.05, 3.63) is 17.0 Å². The van der Waals surface area contributed by atoms with Gasteiger partial charge in [0, 0.05) is 0 Å². The number of nitrogens with one attached hydrogen (secondary N) is 1. The summed E-state index contributed by atoms with van der Waals surface area (Å²) in [5.41, 5.74) is 5.76. The third-order valence-electron chi connectivity index (χ3n) is 3.59. The molecule has 0 unspecified atom stereocenters. The van der Waals surface area contributed by atoms with Crippen molar-refractivity contribution in [2.75, 3.05) is 11.9 Å². The van der Waals surface area contributed by atoms with Crippen LogP contribution in [0.15, 0.2) is 11.4 Å². The van der Waals surface area contributed by atoms with E-state index in [1.807, 2.05) is 0 Å². The molecule has 1 amide bonds. The van der Waals surface area contributed by atoms with Gasteiger partial charge in [-0.15, -0.1) is 11.3 Å². The maximum atomic E-state index is 12.3. The van der Waals surface area contributed by atoms with E-state index in [1.54, 1.807) is 18.4 Å². The van der Waals surface area contributed by atoms with Crippen molar-refractivity contribution in [3.8, 4) is 0 Å². The van der Waals surface area contributed by atoms with Gasteiger partial charge < -0.3 is 15.8 Å². The number of carbonyl (C=O) groups excluding carboxylic acids is 2. The average Bonchev–Trinajstić information content (AvgIpc) is 2.88. The van der Waals surface area contributed by atoms with Crippen LogP contribution in [0.2, 0.25) is 0 Å². The van der Waals surface area contributed by atoms with Crippen LogP contribution >= 0.6 is 11.3 Å². The molecule has 0 saturated heterocycles. The van der Waals surface area contributed by atoms with Crippen LogP contribution < -0.4 is 11.1 Å². The van der Waals surface area contributed by atoms with Crippen molar-refractivity contribution in [2.24, 2.45) is 5.73 Å². The van der Waals surface area contributed by atoms with Crippen LogP contribution in [0, 0.1) is 0 Å². The predicted molar refractivity (Wildman–Crippen MR) is 78.9 cm³/mol. The third-order valence-corrected chi connectivity index (χ3v) is 4.42. The van der Waals surface area contributed by atoms with Crippen molar-refractivity contribution >= 4 is 28.2 Å². The van der Waals surface area contributed by atoms with Crippen LogP contribution in [0.3, 0.4) is 0 Å². The molecule has 110 valence electrons. The Morgan fingerprint density at radius 3 is 2.75 bits per heavy atom. The first-order valence-electron chi connectivity index (χ1n) is 6.92. The zero-order chi connectivity index (χ0) is 14.6. The summed E-state index contributed by atoms with van der Waals surface area (Å²) in [5.74, 6) is -0.621. The molecule has 1 fully saturated rings. The predicted octanol–water partition coefficient (Wildman–Crippen LogP) is 2.52. The summed E-state index contributed by atoms with van der Waals surface area (Å²) in [6, 6.07) is 1.66. The zero-order valence-electron chi connectivity index (χ0n) is 11.6. The van der Waals surface area contributed by atoms with E-state index in [9.17, 15) is 9.59 Å². The summed E-state index contributed by atoms with van der Waals surface area (Å²) in [7, 11) is 0. The Balaban J connectivity index is 2.08. The summed E-state index contributed by atoms with van der Waals surface area (Å²) in [6.07, 6.45) is 4.45.